The van der Waals surface area contributed by atoms with Crippen molar-refractivity contribution in [2.75, 3.05) is 6.61 Å². The highest BCUT2D eigenvalue weighted by molar-refractivity contribution is 5.91. The van der Waals surface area contributed by atoms with E-state index in [1.165, 1.54) is 0 Å². The van der Waals surface area contributed by atoms with Crippen LogP contribution in [-0.4, -0.2) is 23.8 Å². The normalized spacial score (nSPS) is 16.4. The van der Waals surface area contributed by atoms with Crippen molar-refractivity contribution >= 4 is 5.97 Å². The van der Waals surface area contributed by atoms with Crippen molar-refractivity contribution in [2.24, 2.45) is 0 Å². The van der Waals surface area contributed by atoms with Crippen molar-refractivity contribution in [1.29, 1.82) is 0 Å². The predicted octanol–water partition coefficient (Wildman–Crippen LogP) is 1.20. The van der Waals surface area contributed by atoms with Gasteiger partial charge in [0.2, 0.25) is 0 Å². The number of hydrogen-bond acceptors (Lipinski definition) is 3. The Hall–Kier alpha value is -2.41. The number of carbonyl (C=O) groups is 1. The van der Waals surface area contributed by atoms with Crippen LogP contribution in [0.4, 0.5) is 0 Å². The molecule has 1 atom stereocenters. The molecule has 0 spiro atoms. The molecule has 1 heterocycles. The molecule has 1 N–H and O–H groups in total. The van der Waals surface area contributed by atoms with Gasteiger partial charge in [-0.05, 0) is 43.1 Å². The molecule has 0 fully saturated rings. The van der Waals surface area contributed by atoms with E-state index in [9.17, 15) is 4.79 Å². The van der Waals surface area contributed by atoms with Crippen LogP contribution in [-0.2, 0) is 9.53 Å². The number of ether oxygens (including phenoxy) is 1. The molecule has 0 aromatic carbocycles. The van der Waals surface area contributed by atoms with Crippen molar-refractivity contribution in [3.8, 4) is 35.5 Å². The third-order valence-electron chi connectivity index (χ3n) is 2.16. The van der Waals surface area contributed by atoms with Crippen molar-refractivity contribution < 1.29 is 14.6 Å². The second kappa shape index (κ2) is 8.65. The minimum Gasteiger partial charge on any atom is -0.455 e. The standard InChI is InChI=1S/C16H14O3/c1-14-13-15(16(18)19-14)11-9-7-5-3-2-4-6-8-10-12-17/h7,9,13-14,17H,5,11-12H2,1H3. The largest absolute Gasteiger partial charge is 0.455 e. The average molecular weight is 254 g/mol. The van der Waals surface area contributed by atoms with Gasteiger partial charge < -0.3 is 9.84 Å². The molecule has 0 aromatic rings. The van der Waals surface area contributed by atoms with Crippen LogP contribution in [0.15, 0.2) is 23.8 Å². The van der Waals surface area contributed by atoms with Crippen molar-refractivity contribution in [3.05, 3.63) is 23.8 Å². The van der Waals surface area contributed by atoms with E-state index in [4.69, 9.17) is 9.84 Å². The van der Waals surface area contributed by atoms with Crippen molar-refractivity contribution in [2.45, 2.75) is 25.9 Å². The Morgan fingerprint density at radius 1 is 1.26 bits per heavy atom. The molecule has 0 aromatic heterocycles. The van der Waals surface area contributed by atoms with E-state index in [1.54, 1.807) is 0 Å². The van der Waals surface area contributed by atoms with Gasteiger partial charge in [0.05, 0.1) is 0 Å². The molecular weight excluding hydrogens is 240 g/mol. The maximum absolute atomic E-state index is 11.3. The number of esters is 1. The van der Waals surface area contributed by atoms with Gasteiger partial charge in [-0.15, -0.1) is 0 Å². The highest BCUT2D eigenvalue weighted by Gasteiger charge is 2.20. The molecule has 19 heavy (non-hydrogen) atoms. The molecular formula is C16H14O3. The zero-order valence-corrected chi connectivity index (χ0v) is 10.7. The summed E-state index contributed by atoms with van der Waals surface area (Å²) >= 11 is 0. The summed E-state index contributed by atoms with van der Waals surface area (Å²) in [5.41, 5.74) is 0.691. The second-order valence-corrected chi connectivity index (χ2v) is 3.69. The Morgan fingerprint density at radius 3 is 2.63 bits per heavy atom. The third-order valence-corrected chi connectivity index (χ3v) is 2.16. The second-order valence-electron chi connectivity index (χ2n) is 3.69. The summed E-state index contributed by atoms with van der Waals surface area (Å²) in [5.74, 6) is 15.1. The summed E-state index contributed by atoms with van der Waals surface area (Å²) in [6.45, 7) is 1.64. The van der Waals surface area contributed by atoms with Crippen LogP contribution in [0.2, 0.25) is 0 Å². The Labute approximate surface area is 113 Å². The van der Waals surface area contributed by atoms with Gasteiger partial charge in [-0.2, -0.15) is 0 Å². The summed E-state index contributed by atoms with van der Waals surface area (Å²) in [7, 11) is 0. The zero-order valence-electron chi connectivity index (χ0n) is 10.7. The first-order valence-electron chi connectivity index (χ1n) is 5.87. The summed E-state index contributed by atoms with van der Waals surface area (Å²) in [4.78, 5) is 11.3. The van der Waals surface area contributed by atoms with Gasteiger partial charge in [0, 0.05) is 12.0 Å². The van der Waals surface area contributed by atoms with Gasteiger partial charge in [-0.1, -0.05) is 24.0 Å². The Morgan fingerprint density at radius 2 is 2.00 bits per heavy atom. The highest BCUT2D eigenvalue weighted by Crippen LogP contribution is 2.16. The van der Waals surface area contributed by atoms with E-state index in [1.807, 2.05) is 25.2 Å². The average Bonchev–Trinajstić information content (AvgIpc) is 2.70. The molecule has 3 heteroatoms. The fourth-order valence-electron chi connectivity index (χ4n) is 1.38. The lowest BCUT2D eigenvalue weighted by Crippen LogP contribution is -2.03. The van der Waals surface area contributed by atoms with Crippen molar-refractivity contribution in [3.63, 3.8) is 0 Å². The Bertz CT molecular complexity index is 562. The molecule has 1 rings (SSSR count). The number of allylic oxidation sites excluding steroid dienone is 2. The summed E-state index contributed by atoms with van der Waals surface area (Å²) in [5, 5.41) is 8.37. The number of carbonyl (C=O) groups excluding carboxylic acids is 1. The summed E-state index contributed by atoms with van der Waals surface area (Å²) < 4.78 is 4.97. The quantitative estimate of drug-likeness (QED) is 0.467. The first-order valence-corrected chi connectivity index (χ1v) is 5.87. The summed E-state index contributed by atoms with van der Waals surface area (Å²) in [6, 6.07) is 0. The maximum Gasteiger partial charge on any atom is 0.334 e. The summed E-state index contributed by atoms with van der Waals surface area (Å²) in [6.07, 6.45) is 6.61. The number of rotatable bonds is 3. The zero-order chi connectivity index (χ0) is 13.9. The van der Waals surface area contributed by atoms with Crippen LogP contribution in [0.5, 0.6) is 0 Å². The third kappa shape index (κ3) is 6.18. The van der Waals surface area contributed by atoms with E-state index in [2.05, 4.69) is 35.5 Å². The van der Waals surface area contributed by atoms with Gasteiger partial charge >= 0.3 is 5.97 Å². The van der Waals surface area contributed by atoms with Crippen molar-refractivity contribution in [1.82, 2.24) is 0 Å². The minimum atomic E-state index is -0.239. The highest BCUT2D eigenvalue weighted by atomic mass is 16.5. The first-order chi connectivity index (χ1) is 9.24. The van der Waals surface area contributed by atoms with E-state index in [0.29, 0.717) is 18.4 Å². The maximum atomic E-state index is 11.3. The van der Waals surface area contributed by atoms with E-state index >= 15 is 0 Å². The van der Waals surface area contributed by atoms with E-state index in [-0.39, 0.29) is 18.7 Å². The molecule has 1 aliphatic heterocycles. The lowest BCUT2D eigenvalue weighted by molar-refractivity contribution is -0.139. The van der Waals surface area contributed by atoms with Gasteiger partial charge in [0.1, 0.15) is 12.7 Å². The Kier molecular flexibility index (Phi) is 6.67. The Balaban J connectivity index is 2.28. The number of hydrogen-bond donors (Lipinski definition) is 1. The van der Waals surface area contributed by atoms with Crippen LogP contribution < -0.4 is 0 Å². The van der Waals surface area contributed by atoms with Gasteiger partial charge in [-0.3, -0.25) is 0 Å². The van der Waals surface area contributed by atoms with Crippen LogP contribution in [0.3, 0.4) is 0 Å². The van der Waals surface area contributed by atoms with Crippen LogP contribution in [0, 0.1) is 35.5 Å². The lowest BCUT2D eigenvalue weighted by atomic mass is 10.1. The molecule has 96 valence electrons. The van der Waals surface area contributed by atoms with Crippen LogP contribution >= 0.6 is 0 Å². The number of aliphatic hydroxyl groups excluding tert-OH is 1. The fraction of sp³-hybridized carbons (Fsp3) is 0.312. The van der Waals surface area contributed by atoms with Gasteiger partial charge in [-0.25, -0.2) is 4.79 Å². The SMILES string of the molecule is CC1C=C(CC=CCC#CC#CC#CCO)C(=O)O1. The molecule has 3 nitrogen and oxygen atoms in total. The molecule has 1 unspecified atom stereocenters. The lowest BCUT2D eigenvalue weighted by Gasteiger charge is -1.97. The van der Waals surface area contributed by atoms with Gasteiger partial charge in [0.15, 0.2) is 0 Å². The van der Waals surface area contributed by atoms with Gasteiger partial charge in [0.25, 0.3) is 0 Å². The molecule has 0 radical (unpaired) electrons. The fourth-order valence-corrected chi connectivity index (χ4v) is 1.38. The molecule has 1 aliphatic rings. The number of cyclic esters (lactones) is 1. The predicted molar refractivity (Wildman–Crippen MR) is 72.4 cm³/mol. The van der Waals surface area contributed by atoms with Crippen LogP contribution in [0.1, 0.15) is 19.8 Å². The molecule has 0 bridgehead atoms. The van der Waals surface area contributed by atoms with E-state index in [0.717, 1.165) is 0 Å². The molecule has 0 amide bonds. The minimum absolute atomic E-state index is 0.119. The monoisotopic (exact) mass is 254 g/mol. The smallest absolute Gasteiger partial charge is 0.334 e. The first kappa shape index (κ1) is 14.7. The topological polar surface area (TPSA) is 46.5 Å². The molecule has 0 saturated heterocycles. The van der Waals surface area contributed by atoms with Crippen LogP contribution in [0.25, 0.3) is 0 Å². The number of aliphatic hydroxyl groups is 1. The molecule has 0 aliphatic carbocycles. The van der Waals surface area contributed by atoms with E-state index < -0.39 is 0 Å². The molecule has 0 saturated carbocycles.